The first-order valence-corrected chi connectivity index (χ1v) is 7.35. The molecule has 2 fully saturated rings. The highest BCUT2D eigenvalue weighted by atomic mass is 16.2. The summed E-state index contributed by atoms with van der Waals surface area (Å²) in [5.41, 5.74) is 7.48. The molecular formula is C15H22N4O. The predicted molar refractivity (Wildman–Crippen MR) is 79.5 cm³/mol. The molecular weight excluding hydrogens is 252 g/mol. The average Bonchev–Trinajstić information content (AvgIpc) is 2.94. The van der Waals surface area contributed by atoms with Crippen LogP contribution in [0.2, 0.25) is 0 Å². The second-order valence-corrected chi connectivity index (χ2v) is 5.61. The molecule has 5 nitrogen and oxygen atoms in total. The standard InChI is InChI=1S/C15H22N4O/c16-10-12-3-1-4-13(9-12)17-15(20)19-8-7-18-6-2-5-14(18)11-19/h1,3-4,9,14H,2,5-8,10-11,16H2,(H,17,20). The molecule has 0 aliphatic carbocycles. The van der Waals surface area contributed by atoms with Crippen LogP contribution >= 0.6 is 0 Å². The van der Waals surface area contributed by atoms with Crippen LogP contribution in [0.4, 0.5) is 10.5 Å². The van der Waals surface area contributed by atoms with Gasteiger partial charge in [-0.3, -0.25) is 4.90 Å². The maximum absolute atomic E-state index is 12.3. The van der Waals surface area contributed by atoms with Crippen molar-refractivity contribution in [3.8, 4) is 0 Å². The molecule has 20 heavy (non-hydrogen) atoms. The number of benzene rings is 1. The Morgan fingerprint density at radius 1 is 1.35 bits per heavy atom. The molecule has 0 aromatic heterocycles. The Morgan fingerprint density at radius 3 is 3.10 bits per heavy atom. The van der Waals surface area contributed by atoms with E-state index < -0.39 is 0 Å². The SMILES string of the molecule is NCc1cccc(NC(=O)N2CCN3CCCC3C2)c1. The first-order valence-electron chi connectivity index (χ1n) is 7.35. The van der Waals surface area contributed by atoms with Crippen LogP contribution in [0.25, 0.3) is 0 Å². The predicted octanol–water partition coefficient (Wildman–Crippen LogP) is 1.46. The summed E-state index contributed by atoms with van der Waals surface area (Å²) < 4.78 is 0. The summed E-state index contributed by atoms with van der Waals surface area (Å²) in [6, 6.07) is 8.29. The Kier molecular flexibility index (Phi) is 3.89. The zero-order valence-electron chi connectivity index (χ0n) is 11.7. The number of rotatable bonds is 2. The number of amides is 2. The number of nitrogens with two attached hydrogens (primary N) is 1. The highest BCUT2D eigenvalue weighted by molar-refractivity contribution is 5.89. The fourth-order valence-corrected chi connectivity index (χ4v) is 3.15. The van der Waals surface area contributed by atoms with Crippen molar-refractivity contribution in [2.24, 2.45) is 5.73 Å². The molecule has 1 atom stereocenters. The molecule has 1 unspecified atom stereocenters. The summed E-state index contributed by atoms with van der Waals surface area (Å²) in [6.45, 7) is 4.35. The van der Waals surface area contributed by atoms with E-state index in [1.807, 2.05) is 29.2 Å². The third kappa shape index (κ3) is 2.78. The minimum absolute atomic E-state index is 0.00530. The third-order valence-corrected chi connectivity index (χ3v) is 4.29. The maximum atomic E-state index is 12.3. The minimum Gasteiger partial charge on any atom is -0.326 e. The number of nitrogens with zero attached hydrogens (tertiary/aromatic N) is 2. The largest absolute Gasteiger partial charge is 0.326 e. The summed E-state index contributed by atoms with van der Waals surface area (Å²) in [6.07, 6.45) is 2.48. The lowest BCUT2D eigenvalue weighted by Crippen LogP contribution is -2.53. The second kappa shape index (κ2) is 5.81. The van der Waals surface area contributed by atoms with E-state index in [1.165, 1.54) is 19.4 Å². The number of urea groups is 1. The Bertz CT molecular complexity index is 491. The lowest BCUT2D eigenvalue weighted by atomic mass is 10.1. The molecule has 3 N–H and O–H groups in total. The van der Waals surface area contributed by atoms with Crippen molar-refractivity contribution in [2.75, 3.05) is 31.5 Å². The topological polar surface area (TPSA) is 61.6 Å². The molecule has 2 aliphatic rings. The second-order valence-electron chi connectivity index (χ2n) is 5.61. The van der Waals surface area contributed by atoms with Crippen LogP contribution in [0, 0.1) is 0 Å². The number of hydrogen-bond acceptors (Lipinski definition) is 3. The van der Waals surface area contributed by atoms with Gasteiger partial charge in [0.15, 0.2) is 0 Å². The van der Waals surface area contributed by atoms with Crippen LogP contribution in [-0.2, 0) is 6.54 Å². The zero-order chi connectivity index (χ0) is 13.9. The van der Waals surface area contributed by atoms with Crippen molar-refractivity contribution in [1.29, 1.82) is 0 Å². The van der Waals surface area contributed by atoms with E-state index >= 15 is 0 Å². The Morgan fingerprint density at radius 2 is 2.25 bits per heavy atom. The van der Waals surface area contributed by atoms with Gasteiger partial charge in [-0.15, -0.1) is 0 Å². The van der Waals surface area contributed by atoms with Crippen LogP contribution < -0.4 is 11.1 Å². The van der Waals surface area contributed by atoms with Crippen molar-refractivity contribution in [3.05, 3.63) is 29.8 Å². The van der Waals surface area contributed by atoms with Crippen LogP contribution in [0.15, 0.2) is 24.3 Å². The van der Waals surface area contributed by atoms with E-state index in [0.29, 0.717) is 12.6 Å². The maximum Gasteiger partial charge on any atom is 0.321 e. The summed E-state index contributed by atoms with van der Waals surface area (Å²) in [5.74, 6) is 0. The molecule has 1 aromatic rings. The molecule has 108 valence electrons. The minimum atomic E-state index is 0.00530. The fourth-order valence-electron chi connectivity index (χ4n) is 3.15. The van der Waals surface area contributed by atoms with Gasteiger partial charge in [0.25, 0.3) is 0 Å². The molecule has 2 amide bonds. The molecule has 0 bridgehead atoms. The Balaban J connectivity index is 1.61. The number of fused-ring (bicyclic) bond motifs is 1. The highest BCUT2D eigenvalue weighted by Gasteiger charge is 2.32. The molecule has 2 saturated heterocycles. The number of anilines is 1. The quantitative estimate of drug-likeness (QED) is 0.858. The van der Waals surface area contributed by atoms with Crippen LogP contribution in [0.1, 0.15) is 18.4 Å². The smallest absolute Gasteiger partial charge is 0.321 e. The third-order valence-electron chi connectivity index (χ3n) is 4.29. The van der Waals surface area contributed by atoms with Gasteiger partial charge in [-0.25, -0.2) is 4.79 Å². The fraction of sp³-hybridized carbons (Fsp3) is 0.533. The van der Waals surface area contributed by atoms with Crippen molar-refractivity contribution >= 4 is 11.7 Å². The van der Waals surface area contributed by atoms with Crippen molar-refractivity contribution in [2.45, 2.75) is 25.4 Å². The van der Waals surface area contributed by atoms with Crippen LogP contribution in [-0.4, -0.2) is 48.1 Å². The van der Waals surface area contributed by atoms with E-state index in [4.69, 9.17) is 5.73 Å². The van der Waals surface area contributed by atoms with Gasteiger partial charge in [-0.05, 0) is 37.1 Å². The van der Waals surface area contributed by atoms with Crippen molar-refractivity contribution in [1.82, 2.24) is 9.80 Å². The van der Waals surface area contributed by atoms with Gasteiger partial charge < -0.3 is 16.0 Å². The van der Waals surface area contributed by atoms with Gasteiger partial charge in [0.2, 0.25) is 0 Å². The normalized spacial score (nSPS) is 22.6. The van der Waals surface area contributed by atoms with Gasteiger partial charge in [-0.1, -0.05) is 12.1 Å². The first kappa shape index (κ1) is 13.4. The summed E-state index contributed by atoms with van der Waals surface area (Å²) >= 11 is 0. The molecule has 0 saturated carbocycles. The Labute approximate surface area is 119 Å². The van der Waals surface area contributed by atoms with E-state index in [1.54, 1.807) is 0 Å². The molecule has 2 aliphatic heterocycles. The first-order chi connectivity index (χ1) is 9.76. The number of piperazine rings is 1. The van der Waals surface area contributed by atoms with E-state index in [9.17, 15) is 4.79 Å². The molecule has 0 spiro atoms. The molecule has 3 rings (SSSR count). The van der Waals surface area contributed by atoms with E-state index in [2.05, 4.69) is 10.2 Å². The van der Waals surface area contributed by atoms with Gasteiger partial charge in [0.1, 0.15) is 0 Å². The monoisotopic (exact) mass is 274 g/mol. The number of carbonyl (C=O) groups is 1. The summed E-state index contributed by atoms with van der Waals surface area (Å²) in [7, 11) is 0. The van der Waals surface area contributed by atoms with Gasteiger partial charge >= 0.3 is 6.03 Å². The molecule has 5 heteroatoms. The van der Waals surface area contributed by atoms with Crippen LogP contribution in [0.5, 0.6) is 0 Å². The summed E-state index contributed by atoms with van der Waals surface area (Å²) in [4.78, 5) is 16.8. The van der Waals surface area contributed by atoms with Crippen molar-refractivity contribution < 1.29 is 4.79 Å². The van der Waals surface area contributed by atoms with Gasteiger partial charge in [0.05, 0.1) is 0 Å². The van der Waals surface area contributed by atoms with Gasteiger partial charge in [0, 0.05) is 37.9 Å². The van der Waals surface area contributed by atoms with E-state index in [-0.39, 0.29) is 6.03 Å². The molecule has 2 heterocycles. The van der Waals surface area contributed by atoms with E-state index in [0.717, 1.165) is 30.9 Å². The van der Waals surface area contributed by atoms with Gasteiger partial charge in [-0.2, -0.15) is 0 Å². The lowest BCUT2D eigenvalue weighted by Gasteiger charge is -2.37. The average molecular weight is 274 g/mol. The molecule has 0 radical (unpaired) electrons. The number of hydrogen-bond donors (Lipinski definition) is 2. The lowest BCUT2D eigenvalue weighted by molar-refractivity contribution is 0.124. The highest BCUT2D eigenvalue weighted by Crippen LogP contribution is 2.22. The summed E-state index contributed by atoms with van der Waals surface area (Å²) in [5, 5.41) is 2.98. The number of nitrogens with one attached hydrogen (secondary N) is 1. The number of carbonyl (C=O) groups excluding carboxylic acids is 1. The zero-order valence-corrected chi connectivity index (χ0v) is 11.7. The van der Waals surface area contributed by atoms with Crippen LogP contribution in [0.3, 0.4) is 0 Å². The van der Waals surface area contributed by atoms with Crippen molar-refractivity contribution in [3.63, 3.8) is 0 Å². The molecule has 1 aromatic carbocycles. The Hall–Kier alpha value is -1.59.